The first-order valence-corrected chi connectivity index (χ1v) is 12.2. The number of carbonyl (C=O) groups is 1. The zero-order valence-corrected chi connectivity index (χ0v) is 20.7. The van der Waals surface area contributed by atoms with E-state index in [0.717, 1.165) is 28.0 Å². The first-order chi connectivity index (χ1) is 17.6. The fourth-order valence-electron chi connectivity index (χ4n) is 5.25. The van der Waals surface area contributed by atoms with Gasteiger partial charge in [0.15, 0.2) is 0 Å². The van der Waals surface area contributed by atoms with E-state index >= 15 is 0 Å². The highest BCUT2D eigenvalue weighted by atomic mass is 16.2. The van der Waals surface area contributed by atoms with Gasteiger partial charge >= 0.3 is 0 Å². The van der Waals surface area contributed by atoms with Crippen LogP contribution in [0, 0.1) is 0 Å². The molecule has 0 spiro atoms. The SMILES string of the molecule is CN(C)N1C(=O)C(c2ccccc2)(c2ccccc2)[C@H](c2ccccc2)C=C1/C=C/c1ccccc1. The van der Waals surface area contributed by atoms with E-state index in [1.807, 2.05) is 98.0 Å². The van der Waals surface area contributed by atoms with Gasteiger partial charge in [-0.25, -0.2) is 10.0 Å². The number of hydrazine groups is 1. The highest BCUT2D eigenvalue weighted by Crippen LogP contribution is 2.50. The van der Waals surface area contributed by atoms with Crippen LogP contribution in [-0.4, -0.2) is 30.0 Å². The lowest BCUT2D eigenvalue weighted by atomic mass is 9.61. The van der Waals surface area contributed by atoms with Crippen molar-refractivity contribution in [3.8, 4) is 0 Å². The van der Waals surface area contributed by atoms with Crippen LogP contribution in [0.1, 0.15) is 28.2 Å². The molecule has 1 aliphatic heterocycles. The minimum absolute atomic E-state index is 0.0222. The minimum atomic E-state index is -0.932. The number of benzene rings is 4. The zero-order valence-electron chi connectivity index (χ0n) is 20.7. The molecule has 1 atom stereocenters. The van der Waals surface area contributed by atoms with Crippen LogP contribution < -0.4 is 0 Å². The number of rotatable bonds is 6. The van der Waals surface area contributed by atoms with Gasteiger partial charge in [0.25, 0.3) is 5.91 Å². The molecule has 1 heterocycles. The van der Waals surface area contributed by atoms with Crippen molar-refractivity contribution in [1.82, 2.24) is 10.0 Å². The van der Waals surface area contributed by atoms with E-state index in [-0.39, 0.29) is 11.8 Å². The molecule has 36 heavy (non-hydrogen) atoms. The Morgan fingerprint density at radius 1 is 0.667 bits per heavy atom. The van der Waals surface area contributed by atoms with E-state index < -0.39 is 5.41 Å². The van der Waals surface area contributed by atoms with Gasteiger partial charge in [-0.1, -0.05) is 127 Å². The monoisotopic (exact) mass is 470 g/mol. The molecule has 178 valence electrons. The fraction of sp³-hybridized carbons (Fsp3) is 0.121. The van der Waals surface area contributed by atoms with Crippen LogP contribution in [0.2, 0.25) is 0 Å². The molecule has 0 unspecified atom stereocenters. The van der Waals surface area contributed by atoms with Crippen molar-refractivity contribution in [3.05, 3.63) is 161 Å². The predicted octanol–water partition coefficient (Wildman–Crippen LogP) is 6.67. The van der Waals surface area contributed by atoms with Gasteiger partial charge in [-0.15, -0.1) is 0 Å². The summed E-state index contributed by atoms with van der Waals surface area (Å²) in [5.41, 5.74) is 4.06. The Labute approximate surface area is 213 Å². The standard InChI is InChI=1S/C33H30N2O/c1-34(2)35-30(24-23-26-15-7-3-8-16-26)25-31(27-17-9-4-10-18-27)33(32(35)36,28-19-11-5-12-20-28)29-21-13-6-14-22-29/h3-25,31H,1-2H3/b24-23+/t31-/m0/s1. The summed E-state index contributed by atoms with van der Waals surface area (Å²) in [6.45, 7) is 0. The zero-order chi connectivity index (χ0) is 25.0. The molecule has 1 aliphatic rings. The van der Waals surface area contributed by atoms with Gasteiger partial charge in [0.1, 0.15) is 5.41 Å². The van der Waals surface area contributed by atoms with Crippen molar-refractivity contribution < 1.29 is 4.79 Å². The van der Waals surface area contributed by atoms with Gasteiger partial charge in [-0.3, -0.25) is 4.79 Å². The van der Waals surface area contributed by atoms with Crippen LogP contribution in [0.15, 0.2) is 139 Å². The first kappa shape index (κ1) is 23.5. The summed E-state index contributed by atoms with van der Waals surface area (Å²) in [6.07, 6.45) is 6.36. The quantitative estimate of drug-likeness (QED) is 0.314. The molecular formula is C33H30N2O. The van der Waals surface area contributed by atoms with Crippen LogP contribution >= 0.6 is 0 Å². The molecule has 4 aromatic carbocycles. The Hall–Kier alpha value is -4.21. The maximum absolute atomic E-state index is 14.9. The summed E-state index contributed by atoms with van der Waals surface area (Å²) in [7, 11) is 3.84. The summed E-state index contributed by atoms with van der Waals surface area (Å²) >= 11 is 0. The number of hydrogen-bond donors (Lipinski definition) is 0. The molecule has 0 saturated heterocycles. The smallest absolute Gasteiger partial charge is 0.257 e. The largest absolute Gasteiger partial charge is 0.272 e. The Bertz CT molecular complexity index is 1320. The van der Waals surface area contributed by atoms with Crippen molar-refractivity contribution in [3.63, 3.8) is 0 Å². The lowest BCUT2D eigenvalue weighted by Gasteiger charge is -2.48. The topological polar surface area (TPSA) is 23.6 Å². The van der Waals surface area contributed by atoms with Gasteiger partial charge in [-0.2, -0.15) is 0 Å². The molecule has 0 bridgehead atoms. The minimum Gasteiger partial charge on any atom is -0.272 e. The highest BCUT2D eigenvalue weighted by Gasteiger charge is 2.54. The molecule has 1 amide bonds. The maximum Gasteiger partial charge on any atom is 0.257 e. The molecule has 0 aromatic heterocycles. The summed E-state index contributed by atoms with van der Waals surface area (Å²) in [6, 6.07) is 40.9. The van der Waals surface area contributed by atoms with E-state index in [1.165, 1.54) is 0 Å². The van der Waals surface area contributed by atoms with Gasteiger partial charge in [0.2, 0.25) is 0 Å². The molecule has 0 aliphatic carbocycles. The Morgan fingerprint density at radius 3 is 1.64 bits per heavy atom. The van der Waals surface area contributed by atoms with Gasteiger partial charge in [0, 0.05) is 20.0 Å². The number of allylic oxidation sites excluding steroid dienone is 2. The van der Waals surface area contributed by atoms with Gasteiger partial charge < -0.3 is 0 Å². The molecule has 3 heteroatoms. The number of amides is 1. The Morgan fingerprint density at radius 2 is 1.14 bits per heavy atom. The average molecular weight is 471 g/mol. The predicted molar refractivity (Wildman–Crippen MR) is 147 cm³/mol. The van der Waals surface area contributed by atoms with Crippen LogP contribution in [0.25, 0.3) is 6.08 Å². The second kappa shape index (κ2) is 10.2. The van der Waals surface area contributed by atoms with E-state index in [9.17, 15) is 4.79 Å². The first-order valence-electron chi connectivity index (χ1n) is 12.2. The van der Waals surface area contributed by atoms with E-state index in [1.54, 1.807) is 5.01 Å². The van der Waals surface area contributed by atoms with Crippen molar-refractivity contribution in [2.45, 2.75) is 11.3 Å². The molecule has 0 fully saturated rings. The lowest BCUT2D eigenvalue weighted by molar-refractivity contribution is -0.147. The number of carbonyl (C=O) groups excluding carboxylic acids is 1. The molecule has 3 nitrogen and oxygen atoms in total. The van der Waals surface area contributed by atoms with E-state index in [4.69, 9.17) is 0 Å². The average Bonchev–Trinajstić information content (AvgIpc) is 2.93. The van der Waals surface area contributed by atoms with E-state index in [0.29, 0.717) is 0 Å². The number of hydrogen-bond acceptors (Lipinski definition) is 2. The normalized spacial score (nSPS) is 17.4. The second-order valence-electron chi connectivity index (χ2n) is 9.23. The molecule has 0 N–H and O–H groups in total. The van der Waals surface area contributed by atoms with Crippen LogP contribution in [0.3, 0.4) is 0 Å². The van der Waals surface area contributed by atoms with Crippen LogP contribution in [0.4, 0.5) is 0 Å². The van der Waals surface area contributed by atoms with Crippen molar-refractivity contribution in [2.75, 3.05) is 14.1 Å². The molecule has 0 saturated carbocycles. The highest BCUT2D eigenvalue weighted by molar-refractivity contribution is 5.96. The van der Waals surface area contributed by atoms with Crippen molar-refractivity contribution >= 4 is 12.0 Å². The lowest BCUT2D eigenvalue weighted by Crippen LogP contribution is -2.57. The Kier molecular flexibility index (Phi) is 6.66. The third-order valence-corrected chi connectivity index (χ3v) is 6.84. The Balaban J connectivity index is 1.80. The third-order valence-electron chi connectivity index (χ3n) is 6.84. The summed E-state index contributed by atoms with van der Waals surface area (Å²) < 4.78 is 0. The van der Waals surface area contributed by atoms with Crippen molar-refractivity contribution in [2.24, 2.45) is 0 Å². The second-order valence-corrected chi connectivity index (χ2v) is 9.23. The molecule has 0 radical (unpaired) electrons. The maximum atomic E-state index is 14.9. The van der Waals surface area contributed by atoms with Crippen LogP contribution in [0.5, 0.6) is 0 Å². The van der Waals surface area contributed by atoms with E-state index in [2.05, 4.69) is 60.7 Å². The summed E-state index contributed by atoms with van der Waals surface area (Å²) in [5.74, 6) is -0.184. The molecular weight excluding hydrogens is 440 g/mol. The summed E-state index contributed by atoms with van der Waals surface area (Å²) in [5, 5.41) is 3.68. The molecule has 5 rings (SSSR count). The fourth-order valence-corrected chi connectivity index (χ4v) is 5.25. The van der Waals surface area contributed by atoms with Crippen LogP contribution in [-0.2, 0) is 10.2 Å². The number of nitrogens with zero attached hydrogens (tertiary/aromatic N) is 2. The molecule has 4 aromatic rings. The van der Waals surface area contributed by atoms with Crippen molar-refractivity contribution in [1.29, 1.82) is 0 Å². The summed E-state index contributed by atoms with van der Waals surface area (Å²) in [4.78, 5) is 14.9. The van der Waals surface area contributed by atoms with Gasteiger partial charge in [0.05, 0.1) is 5.70 Å². The third kappa shape index (κ3) is 4.19. The van der Waals surface area contributed by atoms with Gasteiger partial charge in [-0.05, 0) is 34.4 Å².